The van der Waals surface area contributed by atoms with Gasteiger partial charge in [0.05, 0.1) is 5.69 Å². The van der Waals surface area contributed by atoms with E-state index in [0.717, 1.165) is 52.2 Å². The third-order valence-corrected chi connectivity index (χ3v) is 5.87. The predicted molar refractivity (Wildman–Crippen MR) is 123 cm³/mol. The highest BCUT2D eigenvalue weighted by molar-refractivity contribution is 5.88. The van der Waals surface area contributed by atoms with Crippen LogP contribution >= 0.6 is 0 Å². The number of carbonyl (C=O) groups excluding carboxylic acids is 1. The van der Waals surface area contributed by atoms with Crippen LogP contribution in [0.1, 0.15) is 62.2 Å². The van der Waals surface area contributed by atoms with Gasteiger partial charge in [0.25, 0.3) is 0 Å². The second-order valence-corrected chi connectivity index (χ2v) is 9.64. The Labute approximate surface area is 184 Å². The molecule has 3 aromatic rings. The molecule has 4 heterocycles. The van der Waals surface area contributed by atoms with E-state index in [0.29, 0.717) is 19.0 Å². The van der Waals surface area contributed by atoms with Crippen LogP contribution in [0.25, 0.3) is 22.3 Å². The first kappa shape index (κ1) is 21.3. The summed E-state index contributed by atoms with van der Waals surface area (Å²) in [7, 11) is 0. The molecule has 0 saturated carbocycles. The van der Waals surface area contributed by atoms with Crippen molar-refractivity contribution in [3.05, 3.63) is 46.9 Å². The number of H-pyrrole nitrogens is 1. The lowest BCUT2D eigenvalue weighted by atomic mass is 9.93. The molecule has 1 aliphatic rings. The van der Waals surface area contributed by atoms with E-state index in [1.165, 1.54) is 5.56 Å². The van der Waals surface area contributed by atoms with E-state index >= 15 is 0 Å². The van der Waals surface area contributed by atoms with Gasteiger partial charge in [0.15, 0.2) is 0 Å². The van der Waals surface area contributed by atoms with Crippen LogP contribution in [0.4, 0.5) is 4.79 Å². The number of aromatic amines is 1. The fourth-order valence-electron chi connectivity index (χ4n) is 4.40. The molecule has 3 aromatic heterocycles. The average molecular weight is 421 g/mol. The summed E-state index contributed by atoms with van der Waals surface area (Å²) in [5.74, 6) is 0.348. The minimum atomic E-state index is -0.463. The topological polar surface area (TPSA) is 71.1 Å². The van der Waals surface area contributed by atoms with E-state index < -0.39 is 5.60 Å². The average Bonchev–Trinajstić information content (AvgIpc) is 3.02. The number of pyridine rings is 2. The Hall–Kier alpha value is -2.89. The van der Waals surface area contributed by atoms with Gasteiger partial charge in [-0.05, 0) is 84.2 Å². The SMILES string of the molecule is Cc1cc(-c2[nH]c3nc(C4CCN(C(=O)OC(C)(C)C)CC4)ccc3c2C)cc(C)n1. The highest BCUT2D eigenvalue weighted by atomic mass is 16.6. The molecule has 0 bridgehead atoms. The second-order valence-electron chi connectivity index (χ2n) is 9.64. The largest absolute Gasteiger partial charge is 0.444 e. The monoisotopic (exact) mass is 420 g/mol. The molecule has 31 heavy (non-hydrogen) atoms. The zero-order chi connectivity index (χ0) is 22.3. The van der Waals surface area contributed by atoms with Crippen LogP contribution in [0.3, 0.4) is 0 Å². The Bertz CT molecular complexity index is 1100. The van der Waals surface area contributed by atoms with Gasteiger partial charge in [0.1, 0.15) is 11.2 Å². The molecule has 0 aliphatic carbocycles. The minimum absolute atomic E-state index is 0.220. The lowest BCUT2D eigenvalue weighted by molar-refractivity contribution is 0.0204. The Morgan fingerprint density at radius 1 is 1.06 bits per heavy atom. The van der Waals surface area contributed by atoms with E-state index in [4.69, 9.17) is 9.72 Å². The molecule has 1 amide bonds. The molecule has 6 heteroatoms. The zero-order valence-corrected chi connectivity index (χ0v) is 19.4. The van der Waals surface area contributed by atoms with Crippen LogP contribution < -0.4 is 0 Å². The Morgan fingerprint density at radius 3 is 2.32 bits per heavy atom. The number of hydrogen-bond acceptors (Lipinski definition) is 4. The summed E-state index contributed by atoms with van der Waals surface area (Å²) in [5, 5.41) is 1.15. The summed E-state index contributed by atoms with van der Waals surface area (Å²) < 4.78 is 5.51. The number of aryl methyl sites for hydroxylation is 3. The quantitative estimate of drug-likeness (QED) is 0.580. The molecule has 6 nitrogen and oxygen atoms in total. The van der Waals surface area contributed by atoms with Gasteiger partial charge in [-0.3, -0.25) is 4.98 Å². The van der Waals surface area contributed by atoms with Crippen molar-refractivity contribution in [3.63, 3.8) is 0 Å². The third kappa shape index (κ3) is 4.58. The maximum atomic E-state index is 12.3. The molecular formula is C25H32N4O2. The van der Waals surface area contributed by atoms with Crippen molar-refractivity contribution >= 4 is 17.1 Å². The molecule has 164 valence electrons. The number of fused-ring (bicyclic) bond motifs is 1. The first-order chi connectivity index (χ1) is 14.6. The van der Waals surface area contributed by atoms with Crippen molar-refractivity contribution in [1.82, 2.24) is 19.9 Å². The van der Waals surface area contributed by atoms with Crippen LogP contribution in [-0.2, 0) is 4.74 Å². The number of ether oxygens (including phenoxy) is 1. The van der Waals surface area contributed by atoms with Crippen molar-refractivity contribution in [2.24, 2.45) is 0 Å². The van der Waals surface area contributed by atoms with Gasteiger partial charge >= 0.3 is 6.09 Å². The molecule has 0 aromatic carbocycles. The first-order valence-corrected chi connectivity index (χ1v) is 11.0. The Balaban J connectivity index is 1.53. The number of piperidine rings is 1. The number of rotatable bonds is 2. The number of amides is 1. The van der Waals surface area contributed by atoms with E-state index in [-0.39, 0.29) is 6.09 Å². The summed E-state index contributed by atoms with van der Waals surface area (Å²) in [6.07, 6.45) is 1.57. The molecule has 0 spiro atoms. The lowest BCUT2D eigenvalue weighted by Gasteiger charge is -2.33. The molecule has 1 fully saturated rings. The summed E-state index contributed by atoms with van der Waals surface area (Å²) in [4.78, 5) is 27.2. The minimum Gasteiger partial charge on any atom is -0.444 e. The van der Waals surface area contributed by atoms with E-state index in [9.17, 15) is 4.79 Å². The van der Waals surface area contributed by atoms with Crippen LogP contribution in [0, 0.1) is 20.8 Å². The van der Waals surface area contributed by atoms with Crippen molar-refractivity contribution in [2.45, 2.75) is 65.9 Å². The number of nitrogens with one attached hydrogen (secondary N) is 1. The van der Waals surface area contributed by atoms with Gasteiger partial charge in [-0.1, -0.05) is 0 Å². The molecule has 0 atom stereocenters. The normalized spacial score (nSPS) is 15.5. The van der Waals surface area contributed by atoms with E-state index in [2.05, 4.69) is 41.2 Å². The third-order valence-electron chi connectivity index (χ3n) is 5.87. The predicted octanol–water partition coefficient (Wildman–Crippen LogP) is 5.66. The first-order valence-electron chi connectivity index (χ1n) is 11.0. The molecule has 0 radical (unpaired) electrons. The molecular weight excluding hydrogens is 388 g/mol. The number of aromatic nitrogens is 3. The number of likely N-dealkylation sites (tertiary alicyclic amines) is 1. The number of carbonyl (C=O) groups is 1. The number of nitrogens with zero attached hydrogens (tertiary/aromatic N) is 3. The van der Waals surface area contributed by atoms with Gasteiger partial charge in [-0.2, -0.15) is 0 Å². The van der Waals surface area contributed by atoms with Crippen molar-refractivity contribution in [3.8, 4) is 11.3 Å². The maximum absolute atomic E-state index is 12.3. The Kier molecular flexibility index (Phi) is 5.50. The highest BCUT2D eigenvalue weighted by Gasteiger charge is 2.28. The standard InChI is InChI=1S/C25H32N4O2/c1-15-13-19(14-16(2)26-15)22-17(3)20-7-8-21(27-23(20)28-22)18-9-11-29(12-10-18)24(30)31-25(4,5)6/h7-8,13-14,18H,9-12H2,1-6H3,(H,27,28). The zero-order valence-electron chi connectivity index (χ0n) is 19.4. The number of hydrogen-bond donors (Lipinski definition) is 1. The highest BCUT2D eigenvalue weighted by Crippen LogP contribution is 2.33. The molecule has 1 N–H and O–H groups in total. The maximum Gasteiger partial charge on any atom is 0.410 e. The fraction of sp³-hybridized carbons (Fsp3) is 0.480. The smallest absolute Gasteiger partial charge is 0.410 e. The van der Waals surface area contributed by atoms with Crippen LogP contribution in [0.2, 0.25) is 0 Å². The van der Waals surface area contributed by atoms with Crippen LogP contribution in [0.5, 0.6) is 0 Å². The Morgan fingerprint density at radius 2 is 1.71 bits per heavy atom. The van der Waals surface area contributed by atoms with Crippen LogP contribution in [-0.4, -0.2) is 44.6 Å². The molecule has 0 unspecified atom stereocenters. The lowest BCUT2D eigenvalue weighted by Crippen LogP contribution is -2.41. The summed E-state index contributed by atoms with van der Waals surface area (Å²) in [6, 6.07) is 8.54. The van der Waals surface area contributed by atoms with Crippen molar-refractivity contribution in [1.29, 1.82) is 0 Å². The van der Waals surface area contributed by atoms with Gasteiger partial charge in [0, 0.05) is 47.0 Å². The van der Waals surface area contributed by atoms with Gasteiger partial charge < -0.3 is 14.6 Å². The molecule has 1 saturated heterocycles. The van der Waals surface area contributed by atoms with Gasteiger partial charge in [0.2, 0.25) is 0 Å². The van der Waals surface area contributed by atoms with Gasteiger partial charge in [-0.15, -0.1) is 0 Å². The summed E-state index contributed by atoms with van der Waals surface area (Å²) in [6.45, 7) is 13.3. The molecule has 4 rings (SSSR count). The van der Waals surface area contributed by atoms with Crippen LogP contribution in [0.15, 0.2) is 24.3 Å². The second kappa shape index (κ2) is 7.98. The van der Waals surface area contributed by atoms with E-state index in [1.807, 2.05) is 39.5 Å². The summed E-state index contributed by atoms with van der Waals surface area (Å²) >= 11 is 0. The van der Waals surface area contributed by atoms with E-state index in [1.54, 1.807) is 0 Å². The van der Waals surface area contributed by atoms with Crippen molar-refractivity contribution in [2.75, 3.05) is 13.1 Å². The van der Waals surface area contributed by atoms with Gasteiger partial charge in [-0.25, -0.2) is 9.78 Å². The molecule has 1 aliphatic heterocycles. The fourth-order valence-corrected chi connectivity index (χ4v) is 4.40. The summed E-state index contributed by atoms with van der Waals surface area (Å²) in [5.41, 5.74) is 7.03. The van der Waals surface area contributed by atoms with Crippen molar-refractivity contribution < 1.29 is 9.53 Å².